The molecule has 3 rings (SSSR count). The fraction of sp³-hybridized carbons (Fsp3) is 0.300. The molecule has 0 radical (unpaired) electrons. The molecule has 0 spiro atoms. The molecule has 0 saturated carbocycles. The molecule has 5 nitrogen and oxygen atoms in total. The van der Waals surface area contributed by atoms with Gasteiger partial charge in [0.05, 0.1) is 12.5 Å². The minimum atomic E-state index is -0.0574. The lowest BCUT2D eigenvalue weighted by Crippen LogP contribution is -2.35. The zero-order chi connectivity index (χ0) is 17.8. The average Bonchev–Trinajstić information content (AvgIpc) is 2.99. The highest BCUT2D eigenvalue weighted by atomic mass is 16.5. The number of rotatable bonds is 6. The molecule has 3 aromatic rings. The van der Waals surface area contributed by atoms with Gasteiger partial charge in [-0.2, -0.15) is 0 Å². The van der Waals surface area contributed by atoms with Gasteiger partial charge in [-0.3, -0.25) is 4.79 Å². The summed E-state index contributed by atoms with van der Waals surface area (Å²) in [5.41, 5.74) is 3.78. The van der Waals surface area contributed by atoms with Gasteiger partial charge in [-0.25, -0.2) is 0 Å². The van der Waals surface area contributed by atoms with Gasteiger partial charge < -0.3 is 14.7 Å². The molecule has 0 bridgehead atoms. The molecule has 2 aromatic carbocycles. The third kappa shape index (κ3) is 4.06. The van der Waals surface area contributed by atoms with Gasteiger partial charge in [-0.05, 0) is 38.7 Å². The predicted molar refractivity (Wildman–Crippen MR) is 98.3 cm³/mol. The van der Waals surface area contributed by atoms with E-state index in [0.29, 0.717) is 17.8 Å². The molecule has 0 aliphatic carbocycles. The van der Waals surface area contributed by atoms with Crippen molar-refractivity contribution < 1.29 is 9.32 Å². The maximum atomic E-state index is 12.4. The van der Waals surface area contributed by atoms with E-state index in [1.54, 1.807) is 0 Å². The molecule has 0 saturated heterocycles. The van der Waals surface area contributed by atoms with Crippen LogP contribution in [0, 0.1) is 6.92 Å². The first-order chi connectivity index (χ1) is 12.0. The van der Waals surface area contributed by atoms with Crippen LogP contribution in [0.3, 0.4) is 0 Å². The Morgan fingerprint density at radius 1 is 1.16 bits per heavy atom. The van der Waals surface area contributed by atoms with E-state index in [-0.39, 0.29) is 18.4 Å². The Morgan fingerprint density at radius 3 is 2.60 bits per heavy atom. The van der Waals surface area contributed by atoms with Gasteiger partial charge in [-0.1, -0.05) is 47.1 Å². The van der Waals surface area contributed by atoms with Crippen molar-refractivity contribution in [1.29, 1.82) is 0 Å². The number of likely N-dealkylation sites (N-methyl/N-ethyl adjacent to an activating group) is 1. The summed E-state index contributed by atoms with van der Waals surface area (Å²) in [4.78, 5) is 14.5. The van der Waals surface area contributed by atoms with Gasteiger partial charge in [0.2, 0.25) is 5.91 Å². The Bertz CT molecular complexity index is 853. The second kappa shape index (κ2) is 7.49. The summed E-state index contributed by atoms with van der Waals surface area (Å²) in [6.07, 6.45) is 0.213. The Labute approximate surface area is 147 Å². The van der Waals surface area contributed by atoms with Crippen molar-refractivity contribution in [2.45, 2.75) is 19.4 Å². The summed E-state index contributed by atoms with van der Waals surface area (Å²) in [7, 11) is 4.03. The van der Waals surface area contributed by atoms with Crippen LogP contribution >= 0.6 is 0 Å². The summed E-state index contributed by atoms with van der Waals surface area (Å²) < 4.78 is 5.26. The minimum Gasteiger partial charge on any atom is -0.356 e. The molecule has 0 unspecified atom stereocenters. The molecular formula is C20H23N3O2. The topological polar surface area (TPSA) is 58.4 Å². The molecule has 1 atom stereocenters. The third-order valence-electron chi connectivity index (χ3n) is 4.36. The van der Waals surface area contributed by atoms with E-state index in [1.165, 1.54) is 11.1 Å². The predicted octanol–water partition coefficient (Wildman–Crippen LogP) is 3.10. The fourth-order valence-corrected chi connectivity index (χ4v) is 2.88. The number of para-hydroxylation sites is 1. The second-order valence-corrected chi connectivity index (χ2v) is 6.50. The van der Waals surface area contributed by atoms with Crippen molar-refractivity contribution >= 4 is 16.9 Å². The van der Waals surface area contributed by atoms with Crippen LogP contribution in [0.5, 0.6) is 0 Å². The lowest BCUT2D eigenvalue weighted by molar-refractivity contribution is -0.120. The number of aromatic nitrogens is 1. The first-order valence-electron chi connectivity index (χ1n) is 8.37. The summed E-state index contributed by atoms with van der Waals surface area (Å²) in [6, 6.07) is 16.1. The number of hydrogen-bond donors (Lipinski definition) is 1. The number of nitrogens with one attached hydrogen (secondary N) is 1. The van der Waals surface area contributed by atoms with E-state index in [0.717, 1.165) is 5.39 Å². The zero-order valence-electron chi connectivity index (χ0n) is 14.8. The highest BCUT2D eigenvalue weighted by Crippen LogP contribution is 2.19. The molecule has 1 N–H and O–H groups in total. The number of aryl methyl sites for hydroxylation is 1. The number of fused-ring (bicyclic) bond motifs is 1. The molecule has 130 valence electrons. The summed E-state index contributed by atoms with van der Waals surface area (Å²) in [5.74, 6) is -0.0574. The fourth-order valence-electron chi connectivity index (χ4n) is 2.88. The first kappa shape index (κ1) is 17.2. The smallest absolute Gasteiger partial charge is 0.226 e. The maximum Gasteiger partial charge on any atom is 0.226 e. The minimum absolute atomic E-state index is 0.0574. The van der Waals surface area contributed by atoms with Crippen molar-refractivity contribution in [2.24, 2.45) is 0 Å². The second-order valence-electron chi connectivity index (χ2n) is 6.50. The van der Waals surface area contributed by atoms with Crippen LogP contribution in [-0.4, -0.2) is 36.6 Å². The van der Waals surface area contributed by atoms with Crippen molar-refractivity contribution in [3.8, 4) is 0 Å². The van der Waals surface area contributed by atoms with Crippen LogP contribution in [0.1, 0.15) is 22.9 Å². The van der Waals surface area contributed by atoms with Gasteiger partial charge in [0.25, 0.3) is 0 Å². The summed E-state index contributed by atoms with van der Waals surface area (Å²) in [6.45, 7) is 2.61. The Morgan fingerprint density at radius 2 is 1.88 bits per heavy atom. The average molecular weight is 337 g/mol. The highest BCUT2D eigenvalue weighted by Gasteiger charge is 2.17. The lowest BCUT2D eigenvalue weighted by atomic mass is 10.0. The molecule has 25 heavy (non-hydrogen) atoms. The lowest BCUT2D eigenvalue weighted by Gasteiger charge is -2.25. The van der Waals surface area contributed by atoms with Gasteiger partial charge in [0.15, 0.2) is 5.58 Å². The number of amides is 1. The van der Waals surface area contributed by atoms with Crippen molar-refractivity contribution in [3.63, 3.8) is 0 Å². The first-order valence-corrected chi connectivity index (χ1v) is 8.37. The number of hydrogen-bond acceptors (Lipinski definition) is 4. The number of carbonyl (C=O) groups is 1. The SMILES string of the molecule is Cc1ccc([C@@H](CNC(=O)Cc2noc3ccccc23)N(C)C)cc1. The molecular weight excluding hydrogens is 314 g/mol. The zero-order valence-corrected chi connectivity index (χ0v) is 14.8. The molecule has 1 aromatic heterocycles. The Hall–Kier alpha value is -2.66. The summed E-state index contributed by atoms with van der Waals surface area (Å²) >= 11 is 0. The maximum absolute atomic E-state index is 12.4. The molecule has 1 amide bonds. The van der Waals surface area contributed by atoms with Crippen LogP contribution in [0.25, 0.3) is 11.0 Å². The third-order valence-corrected chi connectivity index (χ3v) is 4.36. The van der Waals surface area contributed by atoms with Gasteiger partial charge in [0, 0.05) is 11.9 Å². The van der Waals surface area contributed by atoms with Crippen LogP contribution < -0.4 is 5.32 Å². The number of carbonyl (C=O) groups excluding carboxylic acids is 1. The van der Waals surface area contributed by atoms with Crippen molar-refractivity contribution in [2.75, 3.05) is 20.6 Å². The number of nitrogens with zero attached hydrogens (tertiary/aromatic N) is 2. The van der Waals surface area contributed by atoms with Crippen molar-refractivity contribution in [1.82, 2.24) is 15.4 Å². The summed E-state index contributed by atoms with van der Waals surface area (Å²) in [5, 5.41) is 7.93. The highest BCUT2D eigenvalue weighted by molar-refractivity contribution is 5.86. The van der Waals surface area contributed by atoms with Gasteiger partial charge >= 0.3 is 0 Å². The van der Waals surface area contributed by atoms with Crippen molar-refractivity contribution in [3.05, 3.63) is 65.4 Å². The monoisotopic (exact) mass is 337 g/mol. The standard InChI is InChI=1S/C20H23N3O2/c1-14-8-10-15(11-9-14)18(23(2)3)13-21-20(24)12-17-16-6-4-5-7-19(16)25-22-17/h4-11,18H,12-13H2,1-3H3,(H,21,24)/t18-/m1/s1. The van der Waals surface area contributed by atoms with Gasteiger partial charge in [0.1, 0.15) is 5.69 Å². The normalized spacial score (nSPS) is 12.5. The van der Waals surface area contributed by atoms with E-state index in [4.69, 9.17) is 4.52 Å². The molecule has 5 heteroatoms. The Balaban J connectivity index is 1.64. The number of benzene rings is 2. The largest absolute Gasteiger partial charge is 0.356 e. The van der Waals surface area contributed by atoms with E-state index in [9.17, 15) is 4.79 Å². The molecule has 0 fully saturated rings. The quantitative estimate of drug-likeness (QED) is 0.751. The van der Waals surface area contributed by atoms with E-state index >= 15 is 0 Å². The van der Waals surface area contributed by atoms with E-state index in [1.807, 2.05) is 38.4 Å². The van der Waals surface area contributed by atoms with Crippen LogP contribution in [0.15, 0.2) is 53.1 Å². The van der Waals surface area contributed by atoms with Crippen LogP contribution in [-0.2, 0) is 11.2 Å². The molecule has 0 aliphatic rings. The van der Waals surface area contributed by atoms with E-state index in [2.05, 4.69) is 46.6 Å². The molecule has 0 aliphatic heterocycles. The van der Waals surface area contributed by atoms with E-state index < -0.39 is 0 Å². The van der Waals surface area contributed by atoms with Gasteiger partial charge in [-0.15, -0.1) is 0 Å². The Kier molecular flexibility index (Phi) is 5.14. The van der Waals surface area contributed by atoms with Crippen LogP contribution in [0.4, 0.5) is 0 Å². The van der Waals surface area contributed by atoms with Crippen LogP contribution in [0.2, 0.25) is 0 Å². The molecule has 1 heterocycles.